The number of anilines is 1. The second-order valence-corrected chi connectivity index (χ2v) is 8.59. The summed E-state index contributed by atoms with van der Waals surface area (Å²) in [5.41, 5.74) is 1.96. The molecule has 0 saturated heterocycles. The van der Waals surface area contributed by atoms with Crippen LogP contribution in [0.5, 0.6) is 0 Å². The number of hydrogen-bond acceptors (Lipinski definition) is 5. The lowest BCUT2D eigenvalue weighted by molar-refractivity contribution is 0.0994. The van der Waals surface area contributed by atoms with E-state index in [4.69, 9.17) is 9.56 Å². The van der Waals surface area contributed by atoms with Gasteiger partial charge in [-0.3, -0.25) is 4.79 Å². The Morgan fingerprint density at radius 3 is 2.13 bits per heavy atom. The summed E-state index contributed by atoms with van der Waals surface area (Å²) in [6.45, 7) is 1.95. The van der Waals surface area contributed by atoms with Gasteiger partial charge in [-0.25, -0.2) is 18.4 Å². The highest BCUT2D eigenvalue weighted by Gasteiger charge is 2.21. The number of amides is 1. The first-order valence-corrected chi connectivity index (χ1v) is 10.9. The van der Waals surface area contributed by atoms with Gasteiger partial charge in [0.05, 0.1) is 10.3 Å². The van der Waals surface area contributed by atoms with Crippen LogP contribution < -0.4 is 16.1 Å². The fourth-order valence-electron chi connectivity index (χ4n) is 3.28. The lowest BCUT2D eigenvalue weighted by Crippen LogP contribution is -2.17. The third-order valence-electron chi connectivity index (χ3n) is 4.83. The van der Waals surface area contributed by atoms with Gasteiger partial charge < -0.3 is 9.73 Å². The van der Waals surface area contributed by atoms with Gasteiger partial charge in [0, 0.05) is 16.6 Å². The van der Waals surface area contributed by atoms with Crippen LogP contribution in [0.1, 0.15) is 16.1 Å². The van der Waals surface area contributed by atoms with Crippen LogP contribution in [0.15, 0.2) is 86.9 Å². The van der Waals surface area contributed by atoms with Gasteiger partial charge >= 0.3 is 5.63 Å². The zero-order chi connectivity index (χ0) is 22.2. The predicted octanol–water partition coefficient (Wildman–Crippen LogP) is 3.67. The topological polar surface area (TPSA) is 119 Å². The average molecular weight is 434 g/mol. The molecular formula is C23H18N2O5S. The highest BCUT2D eigenvalue weighted by atomic mass is 32.2. The number of nitrogens with one attached hydrogen (secondary N) is 1. The SMILES string of the molecule is Cc1ccc(-c2c(C(=O)Nc3ccc(S(N)(=O)=O)cc3)oc(=O)c3ccccc23)cc1. The maximum absolute atomic E-state index is 13.1. The van der Waals surface area contributed by atoms with Crippen LogP contribution in [0, 0.1) is 6.92 Å². The maximum Gasteiger partial charge on any atom is 0.344 e. The summed E-state index contributed by atoms with van der Waals surface area (Å²) in [7, 11) is -3.85. The van der Waals surface area contributed by atoms with E-state index in [0.717, 1.165) is 11.1 Å². The predicted molar refractivity (Wildman–Crippen MR) is 118 cm³/mol. The van der Waals surface area contributed by atoms with Crippen molar-refractivity contribution in [1.29, 1.82) is 0 Å². The van der Waals surface area contributed by atoms with Crippen molar-refractivity contribution in [2.75, 3.05) is 5.32 Å². The van der Waals surface area contributed by atoms with E-state index in [-0.39, 0.29) is 10.7 Å². The number of nitrogens with two attached hydrogens (primary N) is 1. The van der Waals surface area contributed by atoms with E-state index >= 15 is 0 Å². The molecular weight excluding hydrogens is 416 g/mol. The van der Waals surface area contributed by atoms with Crippen LogP contribution in [-0.2, 0) is 10.0 Å². The zero-order valence-electron chi connectivity index (χ0n) is 16.5. The standard InChI is InChI=1S/C23H18N2O5S/c1-14-6-8-15(9-7-14)20-18-4-2-3-5-19(18)23(27)30-21(20)22(26)25-16-10-12-17(13-11-16)31(24,28)29/h2-13H,1H3,(H,25,26)(H2,24,28,29). The minimum absolute atomic E-state index is 0.0805. The van der Waals surface area contributed by atoms with Crippen LogP contribution in [0.2, 0.25) is 0 Å². The van der Waals surface area contributed by atoms with Crippen LogP contribution in [0.3, 0.4) is 0 Å². The number of fused-ring (bicyclic) bond motifs is 1. The van der Waals surface area contributed by atoms with Gasteiger partial charge in [0.25, 0.3) is 5.91 Å². The van der Waals surface area contributed by atoms with Crippen molar-refractivity contribution < 1.29 is 17.6 Å². The fraction of sp³-hybridized carbons (Fsp3) is 0.0435. The van der Waals surface area contributed by atoms with Crippen molar-refractivity contribution in [3.05, 3.63) is 94.5 Å². The molecule has 0 aliphatic carbocycles. The van der Waals surface area contributed by atoms with Crippen molar-refractivity contribution in [1.82, 2.24) is 0 Å². The minimum Gasteiger partial charge on any atom is -0.416 e. The van der Waals surface area contributed by atoms with Crippen molar-refractivity contribution in [2.24, 2.45) is 5.14 Å². The summed E-state index contributed by atoms with van der Waals surface area (Å²) in [4.78, 5) is 25.5. The van der Waals surface area contributed by atoms with Gasteiger partial charge in [-0.1, -0.05) is 48.0 Å². The van der Waals surface area contributed by atoms with Gasteiger partial charge in [0.2, 0.25) is 15.8 Å². The smallest absolute Gasteiger partial charge is 0.344 e. The largest absolute Gasteiger partial charge is 0.416 e. The summed E-state index contributed by atoms with van der Waals surface area (Å²) < 4.78 is 28.3. The normalized spacial score (nSPS) is 11.4. The molecule has 1 amide bonds. The first-order valence-electron chi connectivity index (χ1n) is 9.31. The number of benzene rings is 3. The van der Waals surface area contributed by atoms with E-state index in [2.05, 4.69) is 5.32 Å². The third-order valence-corrected chi connectivity index (χ3v) is 5.75. The summed E-state index contributed by atoms with van der Waals surface area (Å²) in [5.74, 6) is -0.773. The number of hydrogen-bond donors (Lipinski definition) is 2. The Morgan fingerprint density at radius 2 is 1.52 bits per heavy atom. The number of carbonyl (C=O) groups is 1. The molecule has 0 atom stereocenters. The van der Waals surface area contributed by atoms with Crippen LogP contribution in [0.4, 0.5) is 5.69 Å². The third kappa shape index (κ3) is 4.11. The van der Waals surface area contributed by atoms with E-state index in [1.807, 2.05) is 31.2 Å². The molecule has 156 valence electrons. The fourth-order valence-corrected chi connectivity index (χ4v) is 3.80. The number of carbonyl (C=O) groups excluding carboxylic acids is 1. The Kier molecular flexibility index (Phi) is 5.18. The van der Waals surface area contributed by atoms with Gasteiger partial charge in [-0.05, 0) is 42.8 Å². The van der Waals surface area contributed by atoms with E-state index in [1.54, 1.807) is 24.3 Å². The lowest BCUT2D eigenvalue weighted by atomic mass is 9.97. The molecule has 31 heavy (non-hydrogen) atoms. The zero-order valence-corrected chi connectivity index (χ0v) is 17.3. The van der Waals surface area contributed by atoms with Crippen molar-refractivity contribution in [3.63, 3.8) is 0 Å². The molecule has 0 saturated carbocycles. The van der Waals surface area contributed by atoms with Gasteiger partial charge in [-0.2, -0.15) is 0 Å². The summed E-state index contributed by atoms with van der Waals surface area (Å²) >= 11 is 0. The molecule has 1 heterocycles. The van der Waals surface area contributed by atoms with Crippen molar-refractivity contribution >= 4 is 32.4 Å². The average Bonchev–Trinajstić information content (AvgIpc) is 2.74. The van der Waals surface area contributed by atoms with E-state index in [1.165, 1.54) is 24.3 Å². The number of primary sulfonamides is 1. The number of rotatable bonds is 4. The highest BCUT2D eigenvalue weighted by Crippen LogP contribution is 2.31. The van der Waals surface area contributed by atoms with Crippen LogP contribution in [-0.4, -0.2) is 14.3 Å². The molecule has 0 unspecified atom stereocenters. The number of sulfonamides is 1. The molecule has 3 N–H and O–H groups in total. The van der Waals surface area contributed by atoms with E-state index in [0.29, 0.717) is 22.0 Å². The van der Waals surface area contributed by atoms with E-state index in [9.17, 15) is 18.0 Å². The summed E-state index contributed by atoms with van der Waals surface area (Å²) in [5, 5.41) is 8.70. The number of aryl methyl sites for hydroxylation is 1. The van der Waals surface area contributed by atoms with Crippen LogP contribution in [0.25, 0.3) is 21.9 Å². The van der Waals surface area contributed by atoms with Gasteiger partial charge in [-0.15, -0.1) is 0 Å². The van der Waals surface area contributed by atoms with Crippen LogP contribution >= 0.6 is 0 Å². The quantitative estimate of drug-likeness (QED) is 0.508. The Balaban J connectivity index is 1.83. The molecule has 0 bridgehead atoms. The Labute approximate surface area is 178 Å². The summed E-state index contributed by atoms with van der Waals surface area (Å²) in [6, 6.07) is 19.8. The van der Waals surface area contributed by atoms with Crippen molar-refractivity contribution in [2.45, 2.75) is 11.8 Å². The molecule has 0 aliphatic rings. The molecule has 0 radical (unpaired) electrons. The van der Waals surface area contributed by atoms with Gasteiger partial charge in [0.1, 0.15) is 0 Å². The van der Waals surface area contributed by atoms with E-state index < -0.39 is 21.6 Å². The minimum atomic E-state index is -3.85. The molecule has 4 rings (SSSR count). The summed E-state index contributed by atoms with van der Waals surface area (Å²) in [6.07, 6.45) is 0. The van der Waals surface area contributed by atoms with Gasteiger partial charge in [0.15, 0.2) is 0 Å². The molecule has 7 nitrogen and oxygen atoms in total. The second-order valence-electron chi connectivity index (χ2n) is 7.03. The Hall–Kier alpha value is -3.75. The lowest BCUT2D eigenvalue weighted by Gasteiger charge is -2.12. The molecule has 0 spiro atoms. The molecule has 0 fully saturated rings. The first-order chi connectivity index (χ1) is 14.7. The maximum atomic E-state index is 13.1. The molecule has 3 aromatic carbocycles. The Bertz CT molecular complexity index is 1460. The second kappa shape index (κ2) is 7.82. The monoisotopic (exact) mass is 434 g/mol. The highest BCUT2D eigenvalue weighted by molar-refractivity contribution is 7.89. The molecule has 8 heteroatoms. The van der Waals surface area contributed by atoms with Crippen molar-refractivity contribution in [3.8, 4) is 11.1 Å². The molecule has 4 aromatic rings. The first kappa shape index (κ1) is 20.5. The molecule has 1 aromatic heterocycles. The Morgan fingerprint density at radius 1 is 0.903 bits per heavy atom. The molecule has 0 aliphatic heterocycles.